The van der Waals surface area contributed by atoms with Crippen LogP contribution >= 0.6 is 15.9 Å². The molecule has 92 valence electrons. The predicted molar refractivity (Wildman–Crippen MR) is 73.4 cm³/mol. The number of carbonyl (C=O) groups is 1. The molecule has 0 bridgehead atoms. The number of rotatable bonds is 2. The molecule has 0 spiro atoms. The lowest BCUT2D eigenvalue weighted by Crippen LogP contribution is -2.03. The van der Waals surface area contributed by atoms with Crippen LogP contribution in [0.3, 0.4) is 0 Å². The van der Waals surface area contributed by atoms with Crippen molar-refractivity contribution in [2.45, 2.75) is 13.8 Å². The first kappa shape index (κ1) is 13.0. The molecule has 0 unspecified atom stereocenters. The molecule has 0 saturated carbocycles. The minimum absolute atomic E-state index is 0.165. The van der Waals surface area contributed by atoms with Crippen molar-refractivity contribution in [3.05, 3.63) is 68.9 Å². The molecular weight excluding hydrogens is 295 g/mol. The molecule has 2 aromatic rings. The van der Waals surface area contributed by atoms with E-state index in [4.69, 9.17) is 0 Å². The number of hydrogen-bond donors (Lipinski definition) is 0. The van der Waals surface area contributed by atoms with E-state index in [1.165, 1.54) is 12.1 Å². The first-order chi connectivity index (χ1) is 8.45. The molecule has 0 aromatic heterocycles. The minimum atomic E-state index is -0.384. The fourth-order valence-corrected chi connectivity index (χ4v) is 2.51. The maximum absolute atomic E-state index is 13.3. The van der Waals surface area contributed by atoms with Gasteiger partial charge < -0.3 is 0 Å². The van der Waals surface area contributed by atoms with Gasteiger partial charge in [0.25, 0.3) is 0 Å². The Morgan fingerprint density at radius 1 is 0.944 bits per heavy atom. The van der Waals surface area contributed by atoms with Gasteiger partial charge in [-0.3, -0.25) is 4.79 Å². The number of halogens is 2. The Bertz CT molecular complexity index is 526. The van der Waals surface area contributed by atoms with Crippen LogP contribution in [0.5, 0.6) is 0 Å². The van der Waals surface area contributed by atoms with E-state index in [-0.39, 0.29) is 11.6 Å². The van der Waals surface area contributed by atoms with Crippen molar-refractivity contribution >= 4 is 21.7 Å². The molecule has 0 radical (unpaired) electrons. The largest absolute Gasteiger partial charge is 0.289 e. The maximum atomic E-state index is 13.3. The summed E-state index contributed by atoms with van der Waals surface area (Å²) in [5.74, 6) is -0.549. The summed E-state index contributed by atoms with van der Waals surface area (Å²) < 4.78 is 14.1. The molecule has 0 aliphatic heterocycles. The zero-order chi connectivity index (χ0) is 13.3. The van der Waals surface area contributed by atoms with Crippen molar-refractivity contribution in [2.24, 2.45) is 0 Å². The zero-order valence-electron chi connectivity index (χ0n) is 10.1. The third-order valence-corrected chi connectivity index (χ3v) is 3.07. The Balaban J connectivity index is 2.47. The summed E-state index contributed by atoms with van der Waals surface area (Å²) in [4.78, 5) is 12.3. The Kier molecular flexibility index (Phi) is 3.62. The molecule has 0 amide bonds. The number of aryl methyl sites for hydroxylation is 2. The van der Waals surface area contributed by atoms with E-state index in [2.05, 4.69) is 15.9 Å². The Morgan fingerprint density at radius 3 is 2.06 bits per heavy atom. The summed E-state index contributed by atoms with van der Waals surface area (Å²) >= 11 is 3.36. The quantitative estimate of drug-likeness (QED) is 0.750. The zero-order valence-corrected chi connectivity index (χ0v) is 11.7. The third-order valence-electron chi connectivity index (χ3n) is 2.61. The fourth-order valence-electron chi connectivity index (χ4n) is 1.90. The minimum Gasteiger partial charge on any atom is -0.289 e. The fraction of sp³-hybridized carbons (Fsp3) is 0.133. The van der Waals surface area contributed by atoms with Crippen molar-refractivity contribution in [3.8, 4) is 0 Å². The number of hydrogen-bond acceptors (Lipinski definition) is 1. The SMILES string of the molecule is Cc1cc(F)cc(C(=O)c2cc(C)cc(Br)c2)c1. The first-order valence-corrected chi connectivity index (χ1v) is 6.34. The molecule has 2 aromatic carbocycles. The van der Waals surface area contributed by atoms with Crippen molar-refractivity contribution in [3.63, 3.8) is 0 Å². The topological polar surface area (TPSA) is 17.1 Å². The van der Waals surface area contributed by atoms with Crippen molar-refractivity contribution in [2.75, 3.05) is 0 Å². The average molecular weight is 307 g/mol. The molecule has 0 aliphatic carbocycles. The lowest BCUT2D eigenvalue weighted by molar-refractivity contribution is 0.103. The van der Waals surface area contributed by atoms with Gasteiger partial charge in [0.2, 0.25) is 0 Å². The molecule has 0 fully saturated rings. The van der Waals surface area contributed by atoms with Crippen LogP contribution in [-0.2, 0) is 0 Å². The van der Waals surface area contributed by atoms with Crippen molar-refractivity contribution in [1.82, 2.24) is 0 Å². The lowest BCUT2D eigenvalue weighted by Gasteiger charge is -2.05. The Labute approximate surface area is 114 Å². The van der Waals surface area contributed by atoms with Crippen molar-refractivity contribution in [1.29, 1.82) is 0 Å². The normalized spacial score (nSPS) is 10.4. The molecule has 0 atom stereocenters. The molecule has 0 aliphatic rings. The monoisotopic (exact) mass is 306 g/mol. The van der Waals surface area contributed by atoms with E-state index >= 15 is 0 Å². The van der Waals surface area contributed by atoms with Gasteiger partial charge in [-0.2, -0.15) is 0 Å². The Morgan fingerprint density at radius 2 is 1.50 bits per heavy atom. The molecule has 1 nitrogen and oxygen atoms in total. The standard InChI is InChI=1S/C15H12BrFO/c1-9-3-11(7-13(16)5-9)15(18)12-4-10(2)6-14(17)8-12/h3-8H,1-2H3. The Hall–Kier alpha value is -1.48. The molecule has 0 N–H and O–H groups in total. The second-order valence-electron chi connectivity index (χ2n) is 4.36. The average Bonchev–Trinajstić information content (AvgIpc) is 2.25. The van der Waals surface area contributed by atoms with Gasteiger partial charge in [-0.15, -0.1) is 0 Å². The summed E-state index contributed by atoms with van der Waals surface area (Å²) in [6.07, 6.45) is 0. The molecular formula is C15H12BrFO. The molecule has 0 saturated heterocycles. The van der Waals surface area contributed by atoms with Crippen LogP contribution in [0.25, 0.3) is 0 Å². The second kappa shape index (κ2) is 5.02. The van der Waals surface area contributed by atoms with Crippen LogP contribution in [0.2, 0.25) is 0 Å². The lowest BCUT2D eigenvalue weighted by atomic mass is 10.0. The summed E-state index contributed by atoms with van der Waals surface area (Å²) in [5.41, 5.74) is 2.67. The van der Waals surface area contributed by atoms with E-state index < -0.39 is 0 Å². The highest BCUT2D eigenvalue weighted by molar-refractivity contribution is 9.10. The van der Waals surface area contributed by atoms with Gasteiger partial charge >= 0.3 is 0 Å². The highest BCUT2D eigenvalue weighted by atomic mass is 79.9. The number of carbonyl (C=O) groups excluding carboxylic acids is 1. The molecule has 18 heavy (non-hydrogen) atoms. The van der Waals surface area contributed by atoms with E-state index in [1.807, 2.05) is 13.0 Å². The van der Waals surface area contributed by atoms with E-state index in [0.717, 1.165) is 15.6 Å². The van der Waals surface area contributed by atoms with E-state index in [0.29, 0.717) is 11.1 Å². The van der Waals surface area contributed by atoms with Crippen LogP contribution in [0.4, 0.5) is 4.39 Å². The third kappa shape index (κ3) is 2.85. The van der Waals surface area contributed by atoms with Crippen LogP contribution in [0.15, 0.2) is 40.9 Å². The summed E-state index contributed by atoms with van der Waals surface area (Å²) in [7, 11) is 0. The van der Waals surface area contributed by atoms with E-state index in [9.17, 15) is 9.18 Å². The number of benzene rings is 2. The summed E-state index contributed by atoms with van der Waals surface area (Å²) in [5, 5.41) is 0. The molecule has 0 heterocycles. The van der Waals surface area contributed by atoms with Crippen molar-refractivity contribution < 1.29 is 9.18 Å². The van der Waals surface area contributed by atoms with Gasteiger partial charge in [0.05, 0.1) is 0 Å². The van der Waals surface area contributed by atoms with Gasteiger partial charge in [-0.1, -0.05) is 15.9 Å². The highest BCUT2D eigenvalue weighted by Gasteiger charge is 2.11. The smallest absolute Gasteiger partial charge is 0.193 e. The van der Waals surface area contributed by atoms with Gasteiger partial charge in [-0.05, 0) is 61.4 Å². The van der Waals surface area contributed by atoms with Crippen LogP contribution in [-0.4, -0.2) is 5.78 Å². The molecule has 2 rings (SSSR count). The van der Waals surface area contributed by atoms with Gasteiger partial charge in [0, 0.05) is 15.6 Å². The summed E-state index contributed by atoms with van der Waals surface area (Å²) in [6.45, 7) is 3.68. The predicted octanol–water partition coefficient (Wildman–Crippen LogP) is 4.44. The van der Waals surface area contributed by atoms with Gasteiger partial charge in [-0.25, -0.2) is 4.39 Å². The van der Waals surface area contributed by atoms with Crippen LogP contribution < -0.4 is 0 Å². The van der Waals surface area contributed by atoms with E-state index in [1.54, 1.807) is 25.1 Å². The summed E-state index contributed by atoms with van der Waals surface area (Å²) in [6, 6.07) is 9.84. The highest BCUT2D eigenvalue weighted by Crippen LogP contribution is 2.19. The maximum Gasteiger partial charge on any atom is 0.193 e. The van der Waals surface area contributed by atoms with Gasteiger partial charge in [0.15, 0.2) is 5.78 Å². The van der Waals surface area contributed by atoms with Crippen LogP contribution in [0, 0.1) is 19.7 Å². The first-order valence-electron chi connectivity index (χ1n) is 5.55. The van der Waals surface area contributed by atoms with Crippen LogP contribution in [0.1, 0.15) is 27.0 Å². The number of ketones is 1. The van der Waals surface area contributed by atoms with Gasteiger partial charge in [0.1, 0.15) is 5.82 Å². The molecule has 3 heteroatoms. The second-order valence-corrected chi connectivity index (χ2v) is 5.28.